The second-order valence-electron chi connectivity index (χ2n) is 12.2. The summed E-state index contributed by atoms with van der Waals surface area (Å²) in [4.78, 5) is 38.4. The molecular weight excluding hydrogens is 424 g/mol. The number of fused-ring (bicyclic) bond motifs is 5. The molecule has 0 unspecified atom stereocenters. The smallest absolute Gasteiger partial charge is 0.311 e. The molecule has 2 N–H and O–H groups in total. The second kappa shape index (κ2) is 7.14. The average Bonchev–Trinajstić information content (AvgIpc) is 2.65. The zero-order valence-corrected chi connectivity index (χ0v) is 20.8. The van der Waals surface area contributed by atoms with Crippen molar-refractivity contribution in [1.29, 1.82) is 0 Å². The quantitative estimate of drug-likeness (QED) is 0.455. The summed E-state index contributed by atoms with van der Waals surface area (Å²) in [6.45, 7) is 16.8. The number of hydrogen-bond donors (Lipinski definition) is 2. The van der Waals surface area contributed by atoms with Crippen molar-refractivity contribution in [2.24, 2.45) is 39.4 Å². The first-order valence-electron chi connectivity index (χ1n) is 12.0. The Hall–Kier alpha value is -1.73. The van der Waals surface area contributed by atoms with Gasteiger partial charge < -0.3 is 19.7 Å². The molecule has 0 amide bonds. The lowest BCUT2D eigenvalue weighted by Gasteiger charge is -2.70. The highest BCUT2D eigenvalue weighted by molar-refractivity contribution is 6.00. The molecule has 10 atom stereocenters. The van der Waals surface area contributed by atoms with E-state index in [-0.39, 0.29) is 30.2 Å². The topological polar surface area (TPSA) is 110 Å². The Kier molecular flexibility index (Phi) is 5.28. The molecule has 0 aromatic rings. The number of Topliss-reactive ketones (excluding diaryl/α,β-unsaturated/α-hetero) is 1. The fraction of sp³-hybridized carbons (Fsp3) is 0.808. The van der Waals surface area contributed by atoms with Crippen molar-refractivity contribution in [1.82, 2.24) is 0 Å². The SMILES string of the molecule is C=C1[C@@H](O)[C@H]2[C@]3(C)CC[C@H](OC(C)=O)C(C)(C)[C@H]3[C@@H](O)C[C@]2(C)[C@H]2C(=O)O[C@@H](C)C(=O)[C@]12C. The van der Waals surface area contributed by atoms with Crippen LogP contribution in [-0.2, 0) is 23.9 Å². The Labute approximate surface area is 195 Å². The van der Waals surface area contributed by atoms with Gasteiger partial charge in [-0.25, -0.2) is 0 Å². The van der Waals surface area contributed by atoms with Gasteiger partial charge in [-0.05, 0) is 55.4 Å². The number of ketones is 1. The molecule has 0 aromatic carbocycles. The molecule has 0 aromatic heterocycles. The molecule has 3 saturated carbocycles. The number of aliphatic hydroxyl groups is 2. The first kappa shape index (κ1) is 24.4. The Morgan fingerprint density at radius 3 is 2.27 bits per heavy atom. The minimum absolute atomic E-state index is 0.232. The third kappa shape index (κ3) is 2.90. The molecule has 0 spiro atoms. The molecule has 3 aliphatic carbocycles. The number of carbonyl (C=O) groups is 3. The van der Waals surface area contributed by atoms with Gasteiger partial charge in [0, 0.05) is 18.3 Å². The maximum Gasteiger partial charge on any atom is 0.311 e. The van der Waals surface area contributed by atoms with Crippen molar-refractivity contribution >= 4 is 17.7 Å². The van der Waals surface area contributed by atoms with Gasteiger partial charge in [0.2, 0.25) is 0 Å². The van der Waals surface area contributed by atoms with E-state index in [0.717, 1.165) is 0 Å². The minimum Gasteiger partial charge on any atom is -0.462 e. The van der Waals surface area contributed by atoms with Crippen LogP contribution in [0.4, 0.5) is 0 Å². The fourth-order valence-corrected chi connectivity index (χ4v) is 9.06. The van der Waals surface area contributed by atoms with Crippen LogP contribution in [0.5, 0.6) is 0 Å². The zero-order valence-electron chi connectivity index (χ0n) is 20.8. The van der Waals surface area contributed by atoms with E-state index < -0.39 is 57.8 Å². The van der Waals surface area contributed by atoms with Crippen LogP contribution in [0.2, 0.25) is 0 Å². The van der Waals surface area contributed by atoms with Crippen LogP contribution in [0, 0.1) is 39.4 Å². The molecule has 33 heavy (non-hydrogen) atoms. The van der Waals surface area contributed by atoms with Gasteiger partial charge in [-0.3, -0.25) is 14.4 Å². The molecule has 0 radical (unpaired) electrons. The summed E-state index contributed by atoms with van der Waals surface area (Å²) in [5.41, 5.74) is -2.91. The van der Waals surface area contributed by atoms with Gasteiger partial charge in [0.1, 0.15) is 6.10 Å². The van der Waals surface area contributed by atoms with Gasteiger partial charge in [-0.2, -0.15) is 0 Å². The van der Waals surface area contributed by atoms with E-state index in [0.29, 0.717) is 18.4 Å². The van der Waals surface area contributed by atoms with E-state index in [1.165, 1.54) is 6.92 Å². The number of carbonyl (C=O) groups excluding carboxylic acids is 3. The molecule has 0 bridgehead atoms. The summed E-state index contributed by atoms with van der Waals surface area (Å²) in [7, 11) is 0. The number of esters is 2. The van der Waals surface area contributed by atoms with Crippen LogP contribution < -0.4 is 0 Å². The van der Waals surface area contributed by atoms with E-state index in [2.05, 4.69) is 13.5 Å². The first-order valence-corrected chi connectivity index (χ1v) is 12.0. The average molecular weight is 463 g/mol. The minimum atomic E-state index is -1.26. The Morgan fingerprint density at radius 1 is 1.09 bits per heavy atom. The van der Waals surface area contributed by atoms with Crippen LogP contribution in [-0.4, -0.2) is 52.4 Å². The molecule has 4 aliphatic rings. The van der Waals surface area contributed by atoms with Crippen molar-refractivity contribution < 1.29 is 34.1 Å². The summed E-state index contributed by atoms with van der Waals surface area (Å²) >= 11 is 0. The summed E-state index contributed by atoms with van der Waals surface area (Å²) in [5, 5.41) is 23.3. The molecule has 1 heterocycles. The third-order valence-electron chi connectivity index (χ3n) is 10.0. The predicted octanol–water partition coefficient (Wildman–Crippen LogP) is 2.82. The van der Waals surface area contributed by atoms with Crippen molar-refractivity contribution in [3.05, 3.63) is 12.2 Å². The lowest BCUT2D eigenvalue weighted by atomic mass is 9.34. The van der Waals surface area contributed by atoms with Gasteiger partial charge in [0.05, 0.1) is 23.5 Å². The van der Waals surface area contributed by atoms with Crippen LogP contribution in [0.1, 0.15) is 67.7 Å². The van der Waals surface area contributed by atoms with Crippen molar-refractivity contribution in [2.75, 3.05) is 0 Å². The number of cyclic esters (lactones) is 1. The van der Waals surface area contributed by atoms with Gasteiger partial charge in [0.25, 0.3) is 0 Å². The maximum absolute atomic E-state index is 13.3. The number of ether oxygens (including phenoxy) is 2. The normalized spacial score (nSPS) is 51.1. The van der Waals surface area contributed by atoms with Crippen LogP contribution in [0.3, 0.4) is 0 Å². The number of hydrogen-bond acceptors (Lipinski definition) is 7. The molecule has 7 nitrogen and oxygen atoms in total. The molecule has 1 aliphatic heterocycles. The molecule has 7 heteroatoms. The van der Waals surface area contributed by atoms with Gasteiger partial charge in [0.15, 0.2) is 11.9 Å². The summed E-state index contributed by atoms with van der Waals surface area (Å²) in [6, 6.07) is 0. The third-order valence-corrected chi connectivity index (χ3v) is 10.0. The highest BCUT2D eigenvalue weighted by Crippen LogP contribution is 2.72. The molecule has 1 saturated heterocycles. The lowest BCUT2D eigenvalue weighted by molar-refractivity contribution is -0.266. The zero-order chi connectivity index (χ0) is 24.9. The van der Waals surface area contributed by atoms with Gasteiger partial charge in [-0.15, -0.1) is 0 Å². The summed E-state index contributed by atoms with van der Waals surface area (Å²) in [6.07, 6.45) is -1.67. The summed E-state index contributed by atoms with van der Waals surface area (Å²) < 4.78 is 11.1. The largest absolute Gasteiger partial charge is 0.462 e. The molecule has 4 rings (SSSR count). The predicted molar refractivity (Wildman–Crippen MR) is 120 cm³/mol. The highest BCUT2D eigenvalue weighted by Gasteiger charge is 2.75. The summed E-state index contributed by atoms with van der Waals surface area (Å²) in [5.74, 6) is -2.62. The lowest BCUT2D eigenvalue weighted by Crippen LogP contribution is -2.73. The monoisotopic (exact) mass is 462 g/mol. The number of rotatable bonds is 1. The maximum atomic E-state index is 13.3. The molecule has 184 valence electrons. The van der Waals surface area contributed by atoms with E-state index in [4.69, 9.17) is 9.47 Å². The van der Waals surface area contributed by atoms with Crippen molar-refractivity contribution in [3.63, 3.8) is 0 Å². The second-order valence-corrected chi connectivity index (χ2v) is 12.2. The Bertz CT molecular complexity index is 924. The fourth-order valence-electron chi connectivity index (χ4n) is 9.06. The first-order chi connectivity index (χ1) is 15.0. The number of aliphatic hydroxyl groups excluding tert-OH is 2. The van der Waals surface area contributed by atoms with Gasteiger partial charge >= 0.3 is 11.9 Å². The van der Waals surface area contributed by atoms with Gasteiger partial charge in [-0.1, -0.05) is 34.3 Å². The Morgan fingerprint density at radius 2 is 1.70 bits per heavy atom. The van der Waals surface area contributed by atoms with E-state index in [9.17, 15) is 24.6 Å². The van der Waals surface area contributed by atoms with E-state index in [1.54, 1.807) is 13.8 Å². The van der Waals surface area contributed by atoms with Crippen molar-refractivity contribution in [2.45, 2.75) is 92.1 Å². The molecular formula is C26H38O7. The van der Waals surface area contributed by atoms with Crippen LogP contribution in [0.15, 0.2) is 12.2 Å². The van der Waals surface area contributed by atoms with Crippen LogP contribution >= 0.6 is 0 Å². The Balaban J connectivity index is 1.87. The standard InChI is InChI=1S/C26H38O7/c1-12-17(29)19-24(6)10-9-16(33-14(3)27)23(4,5)18(24)15(28)11-25(19,7)20-22(31)32-13(2)21(30)26(12,20)8/h13,15-20,28-29H,1,9-11H2,2-8H3/t13-,15-,16-,17+,18+,19-,20+,24+,25-,26+/m0/s1. The van der Waals surface area contributed by atoms with E-state index >= 15 is 0 Å². The van der Waals surface area contributed by atoms with Crippen LogP contribution in [0.25, 0.3) is 0 Å². The van der Waals surface area contributed by atoms with E-state index in [1.807, 2.05) is 20.8 Å². The molecule has 4 fully saturated rings. The van der Waals surface area contributed by atoms with Crippen molar-refractivity contribution in [3.8, 4) is 0 Å². The highest BCUT2D eigenvalue weighted by atomic mass is 16.6.